The van der Waals surface area contributed by atoms with E-state index in [2.05, 4.69) is 0 Å². The molecule has 28 heavy (non-hydrogen) atoms. The zero-order valence-electron chi connectivity index (χ0n) is 16.1. The van der Waals surface area contributed by atoms with Crippen LogP contribution in [0.3, 0.4) is 0 Å². The molecule has 2 aromatic carbocycles. The number of methoxy groups -OCH3 is 1. The van der Waals surface area contributed by atoms with Gasteiger partial charge in [0.2, 0.25) is 10.0 Å². The number of rotatable bonds is 4. The van der Waals surface area contributed by atoms with Crippen molar-refractivity contribution < 1.29 is 13.2 Å². The molecule has 0 fully saturated rings. The normalized spacial score (nSPS) is 14.7. The van der Waals surface area contributed by atoms with Crippen molar-refractivity contribution in [3.8, 4) is 16.3 Å². The molecule has 2 heterocycles. The standard InChI is InChI=1S/C21H22N2O3S2/c1-14-7-8-15(2)20(11-14)28(24,25)23-10-9-18-19(13-23)27-21(22-18)16-5-4-6-17(12-16)26-3/h4-8,11-12H,9-10,13H2,1-3H3. The zero-order valence-corrected chi connectivity index (χ0v) is 17.7. The van der Waals surface area contributed by atoms with Crippen molar-refractivity contribution in [2.75, 3.05) is 13.7 Å². The van der Waals surface area contributed by atoms with E-state index in [-0.39, 0.29) is 0 Å². The van der Waals surface area contributed by atoms with Gasteiger partial charge in [0.05, 0.1) is 24.2 Å². The summed E-state index contributed by atoms with van der Waals surface area (Å²) >= 11 is 1.56. The second-order valence-electron chi connectivity index (χ2n) is 6.98. The average molecular weight is 415 g/mol. The molecule has 0 radical (unpaired) electrons. The van der Waals surface area contributed by atoms with E-state index in [0.29, 0.717) is 24.4 Å². The molecule has 4 rings (SSSR count). The number of aryl methyl sites for hydroxylation is 2. The summed E-state index contributed by atoms with van der Waals surface area (Å²) in [4.78, 5) is 6.17. The van der Waals surface area contributed by atoms with Gasteiger partial charge in [-0.1, -0.05) is 24.3 Å². The van der Waals surface area contributed by atoms with E-state index >= 15 is 0 Å². The number of benzene rings is 2. The van der Waals surface area contributed by atoms with E-state index in [1.807, 2.05) is 50.2 Å². The van der Waals surface area contributed by atoms with Gasteiger partial charge in [-0.05, 0) is 43.2 Å². The zero-order chi connectivity index (χ0) is 19.9. The van der Waals surface area contributed by atoms with E-state index in [0.717, 1.165) is 38.0 Å². The SMILES string of the molecule is COc1cccc(-c2nc3c(s2)CN(S(=O)(=O)c2cc(C)ccc2C)CC3)c1. The molecule has 7 heteroatoms. The first-order valence-electron chi connectivity index (χ1n) is 9.09. The van der Waals surface area contributed by atoms with Gasteiger partial charge in [0.25, 0.3) is 0 Å². The Kier molecular flexibility index (Phi) is 4.99. The number of fused-ring (bicyclic) bond motifs is 1. The minimum Gasteiger partial charge on any atom is -0.497 e. The lowest BCUT2D eigenvalue weighted by Crippen LogP contribution is -2.35. The number of hydrogen-bond acceptors (Lipinski definition) is 5. The quantitative estimate of drug-likeness (QED) is 0.643. The van der Waals surface area contributed by atoms with Crippen molar-refractivity contribution in [3.05, 3.63) is 64.2 Å². The predicted molar refractivity (Wildman–Crippen MR) is 111 cm³/mol. The van der Waals surface area contributed by atoms with E-state index in [1.54, 1.807) is 28.8 Å². The number of nitrogens with zero attached hydrogens (tertiary/aromatic N) is 2. The highest BCUT2D eigenvalue weighted by molar-refractivity contribution is 7.89. The van der Waals surface area contributed by atoms with E-state index in [1.165, 1.54) is 0 Å². The summed E-state index contributed by atoms with van der Waals surface area (Å²) in [5.74, 6) is 0.782. The van der Waals surface area contributed by atoms with Crippen LogP contribution in [0.1, 0.15) is 21.7 Å². The number of thiazole rings is 1. The second-order valence-corrected chi connectivity index (χ2v) is 9.97. The average Bonchev–Trinajstić information content (AvgIpc) is 3.13. The fourth-order valence-electron chi connectivity index (χ4n) is 3.38. The highest BCUT2D eigenvalue weighted by Crippen LogP contribution is 2.35. The molecule has 0 saturated carbocycles. The maximum Gasteiger partial charge on any atom is 0.243 e. The molecule has 5 nitrogen and oxygen atoms in total. The van der Waals surface area contributed by atoms with Crippen molar-refractivity contribution >= 4 is 21.4 Å². The lowest BCUT2D eigenvalue weighted by Gasteiger charge is -2.26. The van der Waals surface area contributed by atoms with Gasteiger partial charge in [-0.3, -0.25) is 0 Å². The van der Waals surface area contributed by atoms with Crippen molar-refractivity contribution in [1.82, 2.24) is 9.29 Å². The summed E-state index contributed by atoms with van der Waals surface area (Å²) in [6.45, 7) is 4.57. The van der Waals surface area contributed by atoms with Crippen molar-refractivity contribution in [3.63, 3.8) is 0 Å². The summed E-state index contributed by atoms with van der Waals surface area (Å²) in [5.41, 5.74) is 3.70. The van der Waals surface area contributed by atoms with Gasteiger partial charge in [0, 0.05) is 23.4 Å². The lowest BCUT2D eigenvalue weighted by molar-refractivity contribution is 0.392. The molecule has 0 bridgehead atoms. The topological polar surface area (TPSA) is 59.5 Å². The maximum absolute atomic E-state index is 13.2. The first-order valence-corrected chi connectivity index (χ1v) is 11.3. The third-order valence-electron chi connectivity index (χ3n) is 4.97. The first kappa shape index (κ1) is 19.1. The predicted octanol–water partition coefficient (Wildman–Crippen LogP) is 4.18. The van der Waals surface area contributed by atoms with Crippen LogP contribution in [0.2, 0.25) is 0 Å². The van der Waals surface area contributed by atoms with Crippen LogP contribution in [0.15, 0.2) is 47.4 Å². The summed E-state index contributed by atoms with van der Waals surface area (Å²) in [5, 5.41) is 0.898. The van der Waals surface area contributed by atoms with Gasteiger partial charge in [0.1, 0.15) is 10.8 Å². The van der Waals surface area contributed by atoms with Crippen LogP contribution in [0.5, 0.6) is 5.75 Å². The molecule has 3 aromatic rings. The van der Waals surface area contributed by atoms with Crippen molar-refractivity contribution in [2.45, 2.75) is 31.7 Å². The number of hydrogen-bond donors (Lipinski definition) is 0. The number of aromatic nitrogens is 1. The summed E-state index contributed by atoms with van der Waals surface area (Å²) < 4.78 is 33.3. The van der Waals surface area contributed by atoms with Crippen LogP contribution >= 0.6 is 11.3 Å². The Labute approximate surface area is 169 Å². The first-order chi connectivity index (χ1) is 13.4. The van der Waals surface area contributed by atoms with E-state index in [4.69, 9.17) is 9.72 Å². The van der Waals surface area contributed by atoms with Gasteiger partial charge < -0.3 is 4.74 Å². The monoisotopic (exact) mass is 414 g/mol. The molecule has 0 amide bonds. The van der Waals surface area contributed by atoms with Gasteiger partial charge in [0.15, 0.2) is 0 Å². The van der Waals surface area contributed by atoms with Crippen molar-refractivity contribution in [2.24, 2.45) is 0 Å². The van der Waals surface area contributed by atoms with Crippen LogP contribution in [0.25, 0.3) is 10.6 Å². The highest BCUT2D eigenvalue weighted by Gasteiger charge is 2.31. The molecular weight excluding hydrogens is 392 g/mol. The maximum atomic E-state index is 13.2. The Balaban J connectivity index is 1.65. The summed E-state index contributed by atoms with van der Waals surface area (Å²) in [6, 6.07) is 13.3. The van der Waals surface area contributed by atoms with Crippen LogP contribution in [0, 0.1) is 13.8 Å². The highest BCUT2D eigenvalue weighted by atomic mass is 32.2. The van der Waals surface area contributed by atoms with Crippen LogP contribution in [-0.4, -0.2) is 31.4 Å². The smallest absolute Gasteiger partial charge is 0.243 e. The minimum absolute atomic E-state index is 0.368. The molecule has 0 unspecified atom stereocenters. The Morgan fingerprint density at radius 2 is 1.96 bits per heavy atom. The van der Waals surface area contributed by atoms with E-state index in [9.17, 15) is 8.42 Å². The molecule has 0 N–H and O–H groups in total. The molecule has 146 valence electrons. The number of ether oxygens (including phenoxy) is 1. The van der Waals surface area contributed by atoms with E-state index < -0.39 is 10.0 Å². The van der Waals surface area contributed by atoms with Crippen molar-refractivity contribution in [1.29, 1.82) is 0 Å². The van der Waals surface area contributed by atoms with Gasteiger partial charge in [-0.2, -0.15) is 4.31 Å². The molecule has 1 aliphatic rings. The Morgan fingerprint density at radius 3 is 2.75 bits per heavy atom. The largest absolute Gasteiger partial charge is 0.497 e. The second kappa shape index (κ2) is 7.31. The molecule has 0 spiro atoms. The number of sulfonamides is 1. The third-order valence-corrected chi connectivity index (χ3v) is 8.09. The van der Waals surface area contributed by atoms with Crippen LogP contribution in [0.4, 0.5) is 0 Å². The minimum atomic E-state index is -3.53. The Hall–Kier alpha value is -2.22. The van der Waals surface area contributed by atoms with Gasteiger partial charge >= 0.3 is 0 Å². The molecule has 1 aliphatic heterocycles. The van der Waals surface area contributed by atoms with Crippen LogP contribution < -0.4 is 4.74 Å². The van der Waals surface area contributed by atoms with Gasteiger partial charge in [-0.15, -0.1) is 11.3 Å². The fourth-order valence-corrected chi connectivity index (χ4v) is 6.30. The van der Waals surface area contributed by atoms with Gasteiger partial charge in [-0.25, -0.2) is 13.4 Å². The summed E-state index contributed by atoms with van der Waals surface area (Å²) in [7, 11) is -1.89. The molecule has 0 atom stereocenters. The molecule has 0 saturated heterocycles. The van der Waals surface area contributed by atoms with Crippen LogP contribution in [-0.2, 0) is 23.0 Å². The molecule has 1 aromatic heterocycles. The Bertz CT molecular complexity index is 1140. The molecular formula is C21H22N2O3S2. The third kappa shape index (κ3) is 3.45. The summed E-state index contributed by atoms with van der Waals surface area (Å²) in [6.07, 6.45) is 0.625. The lowest BCUT2D eigenvalue weighted by atomic mass is 10.2. The fraction of sp³-hybridized carbons (Fsp3) is 0.286. The molecule has 0 aliphatic carbocycles. The Morgan fingerprint density at radius 1 is 1.14 bits per heavy atom.